The molecule has 0 aromatic heterocycles. The number of likely N-dealkylation sites (N-methyl/N-ethyl adjacent to an activating group) is 1. The van der Waals surface area contributed by atoms with Gasteiger partial charge in [-0.25, -0.2) is 4.79 Å². The summed E-state index contributed by atoms with van der Waals surface area (Å²) in [5.74, 6) is -1.29. The number of hydrogen-bond donors (Lipinski definition) is 3. The van der Waals surface area contributed by atoms with E-state index in [0.29, 0.717) is 0 Å². The molecule has 0 radical (unpaired) electrons. The molecule has 3 N–H and O–H groups in total. The first-order chi connectivity index (χ1) is 19.1. The van der Waals surface area contributed by atoms with Gasteiger partial charge in [0.15, 0.2) is 0 Å². The van der Waals surface area contributed by atoms with Crippen LogP contribution in [0.2, 0.25) is 0 Å². The SMILES string of the molecule is CN(CC(=O)NC(C(=O)N1CC(N[C-]=O)CC1C(=O)NC1CCCc2ccccc21)C(C)(C)C)C(=O)OC(C)(C)C.[Fm]. The molecule has 3 rings (SSSR count). The topological polar surface area (TPSA) is 137 Å². The van der Waals surface area contributed by atoms with E-state index in [2.05, 4.69) is 22.0 Å². The summed E-state index contributed by atoms with van der Waals surface area (Å²) in [7, 11) is 1.44. The Morgan fingerprint density at radius 3 is 2.40 bits per heavy atom. The third-order valence-electron chi connectivity index (χ3n) is 7.34. The Labute approximate surface area is 242 Å². The molecule has 4 unspecified atom stereocenters. The molecule has 0 saturated carbocycles. The largest absolute Gasteiger partial charge is 0.526 e. The van der Waals surface area contributed by atoms with E-state index in [-0.39, 0.29) is 31.5 Å². The number of ether oxygens (including phenoxy) is 1. The van der Waals surface area contributed by atoms with E-state index < -0.39 is 47.0 Å². The summed E-state index contributed by atoms with van der Waals surface area (Å²) in [4.78, 5) is 66.6. The van der Waals surface area contributed by atoms with E-state index >= 15 is 0 Å². The number of aryl methyl sites for hydroxylation is 1. The van der Waals surface area contributed by atoms with Crippen LogP contribution in [-0.4, -0.2) is 83.9 Å². The zero-order valence-corrected chi connectivity index (χ0v) is 27.9. The van der Waals surface area contributed by atoms with Gasteiger partial charge in [-0.05, 0) is 63.0 Å². The van der Waals surface area contributed by atoms with Crippen molar-refractivity contribution in [1.82, 2.24) is 25.8 Å². The molecule has 1 saturated heterocycles. The zero-order chi connectivity index (χ0) is 30.5. The summed E-state index contributed by atoms with van der Waals surface area (Å²) in [5.41, 5.74) is 0.835. The molecule has 1 heterocycles. The molecule has 12 heteroatoms. The van der Waals surface area contributed by atoms with E-state index in [1.54, 1.807) is 27.2 Å². The van der Waals surface area contributed by atoms with Gasteiger partial charge in [-0.2, -0.15) is 6.41 Å². The Morgan fingerprint density at radius 1 is 1.12 bits per heavy atom. The molecule has 4 atom stereocenters. The van der Waals surface area contributed by atoms with Crippen molar-refractivity contribution in [3.05, 3.63) is 35.4 Å². The number of hydrogen-bond acceptors (Lipinski definition) is 6. The minimum atomic E-state index is -0.994. The van der Waals surface area contributed by atoms with Gasteiger partial charge in [0.2, 0.25) is 17.7 Å². The van der Waals surface area contributed by atoms with Crippen LogP contribution in [0.4, 0.5) is 4.79 Å². The molecule has 0 bridgehead atoms. The van der Waals surface area contributed by atoms with Gasteiger partial charge in [0.25, 0.3) is 0 Å². The second-order valence-corrected chi connectivity index (χ2v) is 13.0. The fourth-order valence-corrected chi connectivity index (χ4v) is 5.33. The molecular formula is C30H44FmN5O6-. The molecular weight excluding hydrogens is 783 g/mol. The number of carbonyl (C=O) groups excluding carboxylic acids is 5. The predicted molar refractivity (Wildman–Crippen MR) is 153 cm³/mol. The maximum absolute atomic E-state index is 14.0. The summed E-state index contributed by atoms with van der Waals surface area (Å²) in [6, 6.07) is 5.55. The van der Waals surface area contributed by atoms with Crippen LogP contribution >= 0.6 is 0 Å². The minimum Gasteiger partial charge on any atom is -0.526 e. The van der Waals surface area contributed by atoms with Crippen molar-refractivity contribution in [2.45, 2.75) is 97.0 Å². The Hall–Kier alpha value is -4.63. The number of fused-ring (bicyclic) bond motifs is 1. The molecule has 1 aliphatic heterocycles. The van der Waals surface area contributed by atoms with Gasteiger partial charge in [-0.1, -0.05) is 45.0 Å². The van der Waals surface area contributed by atoms with Gasteiger partial charge in [-0.15, -0.1) is 0 Å². The second-order valence-electron chi connectivity index (χ2n) is 13.0. The van der Waals surface area contributed by atoms with E-state index in [0.717, 1.165) is 29.7 Å². The zero-order valence-electron chi connectivity index (χ0n) is 25.5. The molecule has 1 fully saturated rings. The maximum Gasteiger partial charge on any atom is 0.410 e. The Morgan fingerprint density at radius 2 is 1.79 bits per heavy atom. The van der Waals surface area contributed by atoms with Crippen LogP contribution in [0.1, 0.15) is 78.0 Å². The van der Waals surface area contributed by atoms with Crippen molar-refractivity contribution in [3.8, 4) is 0 Å². The average Bonchev–Trinajstić information content (AvgIpc) is 3.30. The maximum atomic E-state index is 14.0. The average molecular weight is 828 g/mol. The monoisotopic (exact) mass is 827 g/mol. The number of nitrogens with one attached hydrogen (secondary N) is 3. The molecule has 11 nitrogen and oxygen atoms in total. The number of carbonyl (C=O) groups is 4. The Bertz CT molecular complexity index is 1150. The van der Waals surface area contributed by atoms with Gasteiger partial charge in [0.1, 0.15) is 24.2 Å². The summed E-state index contributed by atoms with van der Waals surface area (Å²) in [6.45, 7) is 10.4. The van der Waals surface area contributed by atoms with Crippen LogP contribution in [0, 0.1) is 5.41 Å². The van der Waals surface area contributed by atoms with Gasteiger partial charge in [-0.3, -0.25) is 14.4 Å². The number of amides is 5. The number of likely N-dealkylation sites (tertiary alicyclic amines) is 1. The second kappa shape index (κ2) is 13.4. The number of nitrogens with zero attached hydrogens (tertiary/aromatic N) is 2. The summed E-state index contributed by atoms with van der Waals surface area (Å²) < 4.78 is 5.31. The molecule has 2 aliphatic rings. The smallest absolute Gasteiger partial charge is 0.410 e. The molecule has 1 aromatic carbocycles. The van der Waals surface area contributed by atoms with Crippen molar-refractivity contribution in [2.75, 3.05) is 20.1 Å². The molecule has 5 amide bonds. The van der Waals surface area contributed by atoms with Crippen LogP contribution in [0.3, 0.4) is 0 Å². The van der Waals surface area contributed by atoms with Crippen LogP contribution in [0.5, 0.6) is 0 Å². The first kappa shape index (κ1) is 33.6. The van der Waals surface area contributed by atoms with Crippen molar-refractivity contribution in [2.24, 2.45) is 5.41 Å². The van der Waals surface area contributed by atoms with E-state index in [4.69, 9.17) is 4.74 Å². The third-order valence-corrected chi connectivity index (χ3v) is 7.34. The number of rotatable bonds is 8. The molecule has 1 aliphatic carbocycles. The van der Waals surface area contributed by atoms with E-state index in [1.807, 2.05) is 39.0 Å². The number of benzene rings is 1. The van der Waals surface area contributed by atoms with Crippen molar-refractivity contribution in [1.29, 1.82) is 0 Å². The molecule has 1 aromatic rings. The molecule has 238 valence electrons. The summed E-state index contributed by atoms with van der Waals surface area (Å²) in [6.07, 6.45) is 3.93. The van der Waals surface area contributed by atoms with Gasteiger partial charge in [0.05, 0.1) is 6.04 Å². The summed E-state index contributed by atoms with van der Waals surface area (Å²) in [5, 5.41) is 8.49. The Kier molecular flexibility index (Phi) is 10.7. The van der Waals surface area contributed by atoms with E-state index in [1.165, 1.54) is 17.5 Å². The van der Waals surface area contributed by atoms with Crippen LogP contribution < -0.4 is 16.0 Å². The van der Waals surface area contributed by atoms with Crippen LogP contribution in [0.15, 0.2) is 24.3 Å². The quantitative estimate of drug-likeness (QED) is 0.272. The van der Waals surface area contributed by atoms with Gasteiger partial charge < -0.3 is 35.3 Å². The molecule has 42 heavy (non-hydrogen) atoms. The third kappa shape index (κ3) is 8.44. The molecule has 0 spiro atoms. The minimum absolute atomic E-state index is 0. The first-order valence-electron chi connectivity index (χ1n) is 14.2. The summed E-state index contributed by atoms with van der Waals surface area (Å²) >= 11 is 0. The van der Waals surface area contributed by atoms with Crippen LogP contribution in [0.25, 0.3) is 0 Å². The van der Waals surface area contributed by atoms with Crippen LogP contribution in [-0.2, 0) is 30.3 Å². The predicted octanol–water partition coefficient (Wildman–Crippen LogP) is 2.20. The Balaban J connectivity index is 0.00000616. The van der Waals surface area contributed by atoms with Gasteiger partial charge in [0, 0.05) is 19.6 Å². The fourth-order valence-electron chi connectivity index (χ4n) is 5.33. The van der Waals surface area contributed by atoms with Crippen molar-refractivity contribution < 1.29 is 28.7 Å². The standard InChI is InChI=1S/C30H44N5O6.Fm/c1-29(2,3)25(33-24(37)17-34(7)28(40)41-30(4,5)6)27(39)35-16-20(31-18-36)15-23(35)26(38)32-22-14-10-12-19-11-8-9-13-21(19)22;/h8-9,11,13,20,22-23,25H,10,12,14-17H2,1-7H3,(H,31,36)(H,32,38)(H,33,37);/q-1;. The normalized spacial score (nSPS) is 20.7. The first-order valence-corrected chi connectivity index (χ1v) is 14.2. The van der Waals surface area contributed by atoms with Crippen molar-refractivity contribution >= 4 is 30.2 Å². The van der Waals surface area contributed by atoms with Gasteiger partial charge >= 0.3 is 6.09 Å². The van der Waals surface area contributed by atoms with Crippen molar-refractivity contribution in [3.63, 3.8) is 0 Å². The van der Waals surface area contributed by atoms with E-state index in [9.17, 15) is 24.0 Å². The fraction of sp³-hybridized carbons (Fsp3) is 0.633.